The van der Waals surface area contributed by atoms with Gasteiger partial charge < -0.3 is 19.9 Å². The first kappa shape index (κ1) is 26.5. The molecule has 164 valence electrons. The third kappa shape index (κ3) is 7.36. The van der Waals surface area contributed by atoms with Crippen molar-refractivity contribution < 1.29 is 53.7 Å². The second kappa shape index (κ2) is 12.5. The number of hydrogen-bond acceptors (Lipinski definition) is 6. The van der Waals surface area contributed by atoms with Gasteiger partial charge in [-0.25, -0.2) is 0 Å². The van der Waals surface area contributed by atoms with Gasteiger partial charge in [-0.3, -0.25) is 14.6 Å². The number of carbonyl (C=O) groups excluding carboxylic acids is 1. The van der Waals surface area contributed by atoms with E-state index in [4.69, 9.17) is 19.4 Å². The maximum Gasteiger partial charge on any atom is 1.00 e. The molecular weight excluding hydrogens is 451 g/mol. The molecule has 0 unspecified atom stereocenters. The number of rotatable bonds is 4. The van der Waals surface area contributed by atoms with Gasteiger partial charge in [0.1, 0.15) is 11.5 Å². The van der Waals surface area contributed by atoms with E-state index in [9.17, 15) is 4.79 Å². The van der Waals surface area contributed by atoms with E-state index in [1.165, 1.54) is 11.8 Å². The topological polar surface area (TPSA) is 97.2 Å². The third-order valence-corrected chi connectivity index (χ3v) is 5.17. The summed E-state index contributed by atoms with van der Waals surface area (Å²) >= 11 is 1.30. The number of amides is 1. The van der Waals surface area contributed by atoms with E-state index in [0.29, 0.717) is 15.8 Å². The number of fused-ring (bicyclic) bond motifs is 1. The van der Waals surface area contributed by atoms with E-state index < -0.39 is 5.97 Å². The Bertz CT molecular complexity index is 1210. The third-order valence-electron chi connectivity index (χ3n) is 4.26. The standard InChI is InChI=1S/C22H17N2O3S.C2H4O2.Na/c1-26-18-9-8-14-12-19(27-2)16(10-15(14)11-18)13-20-21(25)24-22(28-20)23-17-6-4-3-5-7-17;1-2(3)4;/h4-13H,1-2H3,(H,23,24,25);1H3,(H,3,4);/q-1;;+1/b20-13-;;. The second-order valence-corrected chi connectivity index (χ2v) is 7.60. The van der Waals surface area contributed by atoms with Crippen molar-refractivity contribution in [3.05, 3.63) is 71.1 Å². The van der Waals surface area contributed by atoms with Gasteiger partial charge in [0.05, 0.1) is 19.1 Å². The van der Waals surface area contributed by atoms with Crippen LogP contribution in [0.15, 0.2) is 64.5 Å². The van der Waals surface area contributed by atoms with Crippen LogP contribution in [0.1, 0.15) is 12.5 Å². The van der Waals surface area contributed by atoms with Gasteiger partial charge in [-0.05, 0) is 58.6 Å². The number of carbonyl (C=O) groups is 2. The van der Waals surface area contributed by atoms with Crippen LogP contribution in [0.4, 0.5) is 5.69 Å². The van der Waals surface area contributed by atoms with Crippen molar-refractivity contribution in [1.29, 1.82) is 0 Å². The van der Waals surface area contributed by atoms with Crippen molar-refractivity contribution in [2.45, 2.75) is 6.92 Å². The zero-order chi connectivity index (χ0) is 23.1. The molecule has 9 heteroatoms. The minimum atomic E-state index is -0.833. The number of thioether (sulfide) groups is 1. The minimum Gasteiger partial charge on any atom is -0.497 e. The molecule has 4 rings (SSSR count). The number of nitrogens with zero attached hydrogens (tertiary/aromatic N) is 1. The fourth-order valence-corrected chi connectivity index (χ4v) is 3.71. The summed E-state index contributed by atoms with van der Waals surface area (Å²) in [5.74, 6) is 0.459. The quantitative estimate of drug-likeness (QED) is 0.341. The van der Waals surface area contributed by atoms with Crippen molar-refractivity contribution in [1.82, 2.24) is 5.32 Å². The first-order valence-electron chi connectivity index (χ1n) is 9.50. The van der Waals surface area contributed by atoms with E-state index in [1.807, 2.05) is 48.5 Å². The summed E-state index contributed by atoms with van der Waals surface area (Å²) in [6, 6.07) is 20.0. The monoisotopic (exact) mass is 472 g/mol. The maximum absolute atomic E-state index is 12.4. The molecule has 1 saturated heterocycles. The van der Waals surface area contributed by atoms with Gasteiger partial charge in [0, 0.05) is 12.5 Å². The van der Waals surface area contributed by atoms with Gasteiger partial charge in [-0.15, -0.1) is 12.1 Å². The Hall–Kier alpha value is -2.78. The molecule has 0 aromatic heterocycles. The van der Waals surface area contributed by atoms with Crippen molar-refractivity contribution in [2.75, 3.05) is 14.2 Å². The van der Waals surface area contributed by atoms with E-state index in [1.54, 1.807) is 26.4 Å². The Morgan fingerprint density at radius 2 is 1.79 bits per heavy atom. The summed E-state index contributed by atoms with van der Waals surface area (Å²) < 4.78 is 10.8. The predicted octanol–water partition coefficient (Wildman–Crippen LogP) is 1.64. The second-order valence-electron chi connectivity index (χ2n) is 6.57. The molecule has 1 aliphatic heterocycles. The number of nitrogens with one attached hydrogen (secondary N) is 1. The first-order valence-corrected chi connectivity index (χ1v) is 10.3. The molecule has 1 fully saturated rings. The molecule has 0 saturated carbocycles. The summed E-state index contributed by atoms with van der Waals surface area (Å²) in [5.41, 5.74) is 1.58. The number of benzene rings is 3. The summed E-state index contributed by atoms with van der Waals surface area (Å²) in [6.07, 6.45) is 1.82. The number of carboxylic acid groups (broad SMARTS) is 1. The molecule has 1 amide bonds. The van der Waals surface area contributed by atoms with Crippen LogP contribution < -0.4 is 44.3 Å². The Kier molecular flexibility index (Phi) is 9.99. The van der Waals surface area contributed by atoms with E-state index >= 15 is 0 Å². The van der Waals surface area contributed by atoms with Crippen LogP contribution in [-0.2, 0) is 9.59 Å². The number of amidine groups is 1. The van der Waals surface area contributed by atoms with Gasteiger partial charge in [0.15, 0.2) is 5.17 Å². The smallest absolute Gasteiger partial charge is 0.497 e. The van der Waals surface area contributed by atoms with Crippen LogP contribution in [0, 0.1) is 6.07 Å². The average Bonchev–Trinajstić information content (AvgIpc) is 3.11. The van der Waals surface area contributed by atoms with Crippen molar-refractivity contribution in [2.24, 2.45) is 4.99 Å². The number of hydrogen-bond donors (Lipinski definition) is 2. The van der Waals surface area contributed by atoms with Gasteiger partial charge in [0.25, 0.3) is 11.9 Å². The molecule has 0 spiro atoms. The molecule has 3 aromatic carbocycles. The summed E-state index contributed by atoms with van der Waals surface area (Å²) in [5, 5.41) is 12.8. The number of methoxy groups -OCH3 is 2. The minimum absolute atomic E-state index is 0. The number of aliphatic imine (C=N–C) groups is 1. The van der Waals surface area contributed by atoms with Crippen LogP contribution in [0.3, 0.4) is 0 Å². The summed E-state index contributed by atoms with van der Waals surface area (Å²) in [6.45, 7) is 1.08. The zero-order valence-corrected chi connectivity index (χ0v) is 21.5. The zero-order valence-electron chi connectivity index (χ0n) is 18.7. The molecule has 0 aliphatic carbocycles. The Labute approximate surface area is 218 Å². The number of ether oxygens (including phenoxy) is 2. The molecule has 0 radical (unpaired) electrons. The molecule has 2 N–H and O–H groups in total. The normalized spacial score (nSPS) is 14.8. The Morgan fingerprint density at radius 3 is 2.42 bits per heavy atom. The fraction of sp³-hybridized carbons (Fsp3) is 0.125. The van der Waals surface area contributed by atoms with E-state index in [-0.39, 0.29) is 35.5 Å². The molecule has 0 atom stereocenters. The van der Waals surface area contributed by atoms with Crippen molar-refractivity contribution in [3.8, 4) is 11.5 Å². The van der Waals surface area contributed by atoms with Crippen molar-refractivity contribution >= 4 is 51.3 Å². The van der Waals surface area contributed by atoms with Crippen molar-refractivity contribution in [3.63, 3.8) is 0 Å². The van der Waals surface area contributed by atoms with Gasteiger partial charge in [-0.2, -0.15) is 18.2 Å². The van der Waals surface area contributed by atoms with Crippen LogP contribution in [0.5, 0.6) is 11.5 Å². The SMILES string of the molecule is CC(=O)O.COc1ccc2cc(OC)c(/C=C3\SC(=Nc4cc[c-]cc4)NC3=O)cc2c1.[Na+]. The number of aliphatic carboxylic acids is 1. The number of carboxylic acids is 1. The average molecular weight is 472 g/mol. The Morgan fingerprint density at radius 1 is 1.09 bits per heavy atom. The van der Waals surface area contributed by atoms with Crippen LogP contribution in [-0.4, -0.2) is 36.4 Å². The van der Waals surface area contributed by atoms with Crippen LogP contribution in [0.25, 0.3) is 16.8 Å². The largest absolute Gasteiger partial charge is 1.00 e. The molecular formula is C24H21N2NaO5S. The van der Waals surface area contributed by atoms with E-state index in [0.717, 1.165) is 34.7 Å². The molecule has 33 heavy (non-hydrogen) atoms. The van der Waals surface area contributed by atoms with Gasteiger partial charge in [-0.1, -0.05) is 6.07 Å². The van der Waals surface area contributed by atoms with Crippen LogP contribution in [0.2, 0.25) is 0 Å². The molecule has 0 bridgehead atoms. The first-order chi connectivity index (χ1) is 15.4. The van der Waals surface area contributed by atoms with Crippen LogP contribution >= 0.6 is 11.8 Å². The summed E-state index contributed by atoms with van der Waals surface area (Å²) in [7, 11) is 3.26. The summed E-state index contributed by atoms with van der Waals surface area (Å²) in [4.78, 5) is 26.4. The molecule has 7 nitrogen and oxygen atoms in total. The Balaban J connectivity index is 0.000000714. The van der Waals surface area contributed by atoms with Gasteiger partial charge in [0.2, 0.25) is 0 Å². The van der Waals surface area contributed by atoms with E-state index in [2.05, 4.69) is 16.4 Å². The maximum atomic E-state index is 12.4. The van der Waals surface area contributed by atoms with Gasteiger partial charge >= 0.3 is 29.6 Å². The molecule has 1 heterocycles. The fourth-order valence-electron chi connectivity index (χ4n) is 2.88. The molecule has 1 aliphatic rings. The molecule has 3 aromatic rings. The predicted molar refractivity (Wildman–Crippen MR) is 126 cm³/mol.